The van der Waals surface area contributed by atoms with Crippen molar-refractivity contribution in [1.29, 1.82) is 0 Å². The Morgan fingerprint density at radius 3 is 1.79 bits per heavy atom. The minimum Gasteiger partial charge on any atom is -0.465 e. The molecule has 0 atom stereocenters. The number of carbonyl (C=O) groups is 1. The van der Waals surface area contributed by atoms with Crippen LogP contribution in [0.1, 0.15) is 12.8 Å². The smallest absolute Gasteiger partial charge is 0.404 e. The van der Waals surface area contributed by atoms with E-state index in [2.05, 4.69) is 26.6 Å². The van der Waals surface area contributed by atoms with Gasteiger partial charge in [0.15, 0.2) is 0 Å². The third kappa shape index (κ3) is 17.1. The van der Waals surface area contributed by atoms with Crippen molar-refractivity contribution < 1.29 is 9.90 Å². The predicted octanol–water partition coefficient (Wildman–Crippen LogP) is -0.978. The van der Waals surface area contributed by atoms with Crippen LogP contribution in [0.5, 0.6) is 0 Å². The summed E-state index contributed by atoms with van der Waals surface area (Å²) in [5.74, 6) is 0. The van der Waals surface area contributed by atoms with Gasteiger partial charge in [-0.25, -0.2) is 4.79 Å². The topological polar surface area (TPSA) is 97.5 Å². The number of carboxylic acid groups (broad SMARTS) is 1. The van der Waals surface area contributed by atoms with Crippen LogP contribution in [0.3, 0.4) is 0 Å². The van der Waals surface area contributed by atoms with Gasteiger partial charge in [-0.1, -0.05) is 0 Å². The van der Waals surface area contributed by atoms with Gasteiger partial charge in [-0.15, -0.1) is 0 Å². The van der Waals surface area contributed by atoms with Gasteiger partial charge in [0, 0.05) is 39.3 Å². The number of nitrogens with one attached hydrogen (secondary N) is 5. The van der Waals surface area contributed by atoms with Gasteiger partial charge in [-0.2, -0.15) is 0 Å². The summed E-state index contributed by atoms with van der Waals surface area (Å²) < 4.78 is 0. The summed E-state index contributed by atoms with van der Waals surface area (Å²) in [5, 5.41) is 23.6. The zero-order chi connectivity index (χ0) is 14.2. The lowest BCUT2D eigenvalue weighted by atomic mass is 10.3. The summed E-state index contributed by atoms with van der Waals surface area (Å²) in [7, 11) is 1.96. The fourth-order valence-electron chi connectivity index (χ4n) is 1.52. The van der Waals surface area contributed by atoms with Crippen molar-refractivity contribution in [2.24, 2.45) is 0 Å². The molecule has 0 rings (SSSR count). The fourth-order valence-corrected chi connectivity index (χ4v) is 1.52. The molecule has 0 fully saturated rings. The van der Waals surface area contributed by atoms with Crippen LogP contribution in [0.2, 0.25) is 0 Å². The minimum absolute atomic E-state index is 0.452. The number of hydrogen-bond donors (Lipinski definition) is 6. The summed E-state index contributed by atoms with van der Waals surface area (Å²) in [6.45, 7) is 7.04. The average Bonchev–Trinajstić information content (AvgIpc) is 2.39. The van der Waals surface area contributed by atoms with E-state index in [0.29, 0.717) is 13.1 Å². The maximum atomic E-state index is 10.2. The highest BCUT2D eigenvalue weighted by Crippen LogP contribution is 1.83. The molecule has 0 heterocycles. The van der Waals surface area contributed by atoms with Gasteiger partial charge in [-0.3, -0.25) is 0 Å². The number of hydrogen-bond acceptors (Lipinski definition) is 5. The molecule has 0 aromatic carbocycles. The van der Waals surface area contributed by atoms with Crippen LogP contribution in [-0.2, 0) is 0 Å². The van der Waals surface area contributed by atoms with Crippen LogP contribution >= 0.6 is 0 Å². The third-order valence-electron chi connectivity index (χ3n) is 2.57. The van der Waals surface area contributed by atoms with E-state index in [1.807, 2.05) is 7.05 Å². The minimum atomic E-state index is -0.969. The van der Waals surface area contributed by atoms with E-state index in [9.17, 15) is 4.79 Å². The quantitative estimate of drug-likeness (QED) is 0.228. The van der Waals surface area contributed by atoms with Crippen LogP contribution in [0.25, 0.3) is 0 Å². The molecule has 7 heteroatoms. The molecule has 0 aromatic heterocycles. The Morgan fingerprint density at radius 2 is 1.26 bits per heavy atom. The number of unbranched alkanes of at least 4 members (excludes halogenated alkanes) is 1. The largest absolute Gasteiger partial charge is 0.465 e. The molecule has 0 radical (unpaired) electrons. The van der Waals surface area contributed by atoms with Gasteiger partial charge in [0.1, 0.15) is 0 Å². The number of rotatable bonds is 14. The van der Waals surface area contributed by atoms with Gasteiger partial charge >= 0.3 is 6.09 Å². The standard InChI is InChI=1S/C12H29N5O2/c1-13-6-7-14-4-2-3-5-15-8-9-16-10-11-17-12(18)19/h13-17H,2-11H2,1H3,(H,18,19). The Labute approximate surface area is 115 Å². The maximum absolute atomic E-state index is 10.2. The van der Waals surface area contributed by atoms with Crippen molar-refractivity contribution in [3.05, 3.63) is 0 Å². The van der Waals surface area contributed by atoms with Crippen molar-refractivity contribution >= 4 is 6.09 Å². The summed E-state index contributed by atoms with van der Waals surface area (Å²) in [4.78, 5) is 10.2. The SMILES string of the molecule is CNCCNCCCCNCCNCCNC(=O)O. The highest BCUT2D eigenvalue weighted by Gasteiger charge is 1.93. The Balaban J connectivity index is 2.93. The van der Waals surface area contributed by atoms with Gasteiger partial charge in [0.2, 0.25) is 0 Å². The predicted molar refractivity (Wildman–Crippen MR) is 77.8 cm³/mol. The summed E-state index contributed by atoms with van der Waals surface area (Å²) in [6.07, 6.45) is 1.39. The van der Waals surface area contributed by atoms with Gasteiger partial charge in [-0.05, 0) is 33.0 Å². The summed E-state index contributed by atoms with van der Waals surface area (Å²) in [6, 6.07) is 0. The molecule has 7 nitrogen and oxygen atoms in total. The molecule has 0 saturated carbocycles. The van der Waals surface area contributed by atoms with Gasteiger partial charge in [0.25, 0.3) is 0 Å². The highest BCUT2D eigenvalue weighted by molar-refractivity contribution is 5.64. The van der Waals surface area contributed by atoms with Crippen LogP contribution in [0, 0.1) is 0 Å². The second-order valence-corrected chi connectivity index (χ2v) is 4.29. The molecule has 1 amide bonds. The Morgan fingerprint density at radius 1 is 0.789 bits per heavy atom. The molecule has 6 N–H and O–H groups in total. The first-order valence-electron chi connectivity index (χ1n) is 7.01. The lowest BCUT2D eigenvalue weighted by Gasteiger charge is -2.07. The van der Waals surface area contributed by atoms with Crippen molar-refractivity contribution in [1.82, 2.24) is 26.6 Å². The molecule has 0 aliphatic rings. The highest BCUT2D eigenvalue weighted by atomic mass is 16.4. The van der Waals surface area contributed by atoms with E-state index < -0.39 is 6.09 Å². The second kappa shape index (κ2) is 15.2. The van der Waals surface area contributed by atoms with Crippen molar-refractivity contribution in [3.8, 4) is 0 Å². The van der Waals surface area contributed by atoms with E-state index in [4.69, 9.17) is 5.11 Å². The van der Waals surface area contributed by atoms with E-state index in [1.165, 1.54) is 12.8 Å². The van der Waals surface area contributed by atoms with E-state index in [-0.39, 0.29) is 0 Å². The van der Waals surface area contributed by atoms with Crippen LogP contribution in [-0.4, -0.2) is 70.6 Å². The summed E-state index contributed by atoms with van der Waals surface area (Å²) >= 11 is 0. The summed E-state index contributed by atoms with van der Waals surface area (Å²) in [5.41, 5.74) is 0. The molecule has 0 unspecified atom stereocenters. The second-order valence-electron chi connectivity index (χ2n) is 4.29. The maximum Gasteiger partial charge on any atom is 0.404 e. The van der Waals surface area contributed by atoms with E-state index in [1.54, 1.807) is 0 Å². The first kappa shape index (κ1) is 18.1. The van der Waals surface area contributed by atoms with Crippen LogP contribution < -0.4 is 26.6 Å². The molecular weight excluding hydrogens is 246 g/mol. The molecule has 114 valence electrons. The Kier molecular flexibility index (Phi) is 14.5. The lowest BCUT2D eigenvalue weighted by molar-refractivity contribution is 0.194. The molecule has 19 heavy (non-hydrogen) atoms. The lowest BCUT2D eigenvalue weighted by Crippen LogP contribution is -2.34. The van der Waals surface area contributed by atoms with Crippen molar-refractivity contribution in [2.75, 3.05) is 59.4 Å². The number of likely N-dealkylation sites (N-methyl/N-ethyl adjacent to an activating group) is 1. The Hall–Kier alpha value is -0.890. The van der Waals surface area contributed by atoms with Crippen molar-refractivity contribution in [2.45, 2.75) is 12.8 Å². The molecule has 0 aromatic rings. The molecule has 0 spiro atoms. The van der Waals surface area contributed by atoms with Gasteiger partial charge in [0.05, 0.1) is 0 Å². The third-order valence-corrected chi connectivity index (χ3v) is 2.57. The molecule has 0 aliphatic heterocycles. The molecule has 0 aliphatic carbocycles. The zero-order valence-corrected chi connectivity index (χ0v) is 11.9. The van der Waals surface area contributed by atoms with E-state index >= 15 is 0 Å². The molecular formula is C12H29N5O2. The average molecular weight is 275 g/mol. The molecule has 0 saturated heterocycles. The Bertz CT molecular complexity index is 205. The normalized spacial score (nSPS) is 10.6. The fraction of sp³-hybridized carbons (Fsp3) is 0.917. The monoisotopic (exact) mass is 275 g/mol. The number of amides is 1. The van der Waals surface area contributed by atoms with Crippen LogP contribution in [0.15, 0.2) is 0 Å². The first-order valence-corrected chi connectivity index (χ1v) is 7.01. The first-order chi connectivity index (χ1) is 9.27. The van der Waals surface area contributed by atoms with Crippen molar-refractivity contribution in [3.63, 3.8) is 0 Å². The van der Waals surface area contributed by atoms with Gasteiger partial charge < -0.3 is 31.7 Å². The van der Waals surface area contributed by atoms with E-state index in [0.717, 1.165) is 39.3 Å². The van der Waals surface area contributed by atoms with Crippen LogP contribution in [0.4, 0.5) is 4.79 Å². The molecule has 0 bridgehead atoms. The zero-order valence-electron chi connectivity index (χ0n) is 11.9.